The van der Waals surface area contributed by atoms with Gasteiger partial charge in [-0.3, -0.25) is 0 Å². The van der Waals surface area contributed by atoms with Gasteiger partial charge in [0, 0.05) is 23.0 Å². The van der Waals surface area contributed by atoms with E-state index in [0.717, 1.165) is 17.1 Å². The predicted octanol–water partition coefficient (Wildman–Crippen LogP) is 3.88. The average Bonchev–Trinajstić information content (AvgIpc) is 3.19. The first-order valence-electron chi connectivity index (χ1n) is 7.63. The van der Waals surface area contributed by atoms with Crippen LogP contribution in [0.15, 0.2) is 18.2 Å². The Morgan fingerprint density at radius 1 is 1.30 bits per heavy atom. The Bertz CT molecular complexity index is 644. The van der Waals surface area contributed by atoms with Gasteiger partial charge in [-0.25, -0.2) is 4.98 Å². The van der Waals surface area contributed by atoms with Gasteiger partial charge in [-0.15, -0.1) is 0 Å². The first-order valence-corrected chi connectivity index (χ1v) is 8.01. The van der Waals surface area contributed by atoms with Crippen molar-refractivity contribution in [1.29, 1.82) is 0 Å². The lowest BCUT2D eigenvalue weighted by atomic mass is 9.92. The number of aromatic nitrogens is 2. The minimum Gasteiger partial charge on any atom is -0.325 e. The molecule has 1 aliphatic carbocycles. The molecule has 2 fully saturated rings. The molecule has 1 N–H and O–H groups in total. The van der Waals surface area contributed by atoms with Crippen molar-refractivity contribution in [3.8, 4) is 0 Å². The minimum atomic E-state index is 0.582. The second kappa shape index (κ2) is 4.74. The van der Waals surface area contributed by atoms with Gasteiger partial charge in [0.2, 0.25) is 0 Å². The number of hydrogen-bond donors (Lipinski definition) is 1. The number of halogens is 1. The molecular formula is C16H20ClN3. The van der Waals surface area contributed by atoms with Crippen molar-refractivity contribution in [3.05, 3.63) is 29.0 Å². The highest BCUT2D eigenvalue weighted by Gasteiger charge is 2.32. The molecule has 2 aliphatic rings. The molecule has 0 radical (unpaired) electrons. The molecule has 2 unspecified atom stereocenters. The number of nitrogens with one attached hydrogen (secondary N) is 1. The van der Waals surface area contributed by atoms with Gasteiger partial charge in [0.25, 0.3) is 0 Å². The Balaban J connectivity index is 1.83. The van der Waals surface area contributed by atoms with E-state index in [-0.39, 0.29) is 0 Å². The van der Waals surface area contributed by atoms with Crippen molar-refractivity contribution in [3.63, 3.8) is 0 Å². The highest BCUT2D eigenvalue weighted by atomic mass is 35.5. The molecule has 2 atom stereocenters. The summed E-state index contributed by atoms with van der Waals surface area (Å²) in [5.74, 6) is 1.87. The van der Waals surface area contributed by atoms with Gasteiger partial charge in [-0.1, -0.05) is 11.6 Å². The molecule has 1 aromatic heterocycles. The summed E-state index contributed by atoms with van der Waals surface area (Å²) >= 11 is 6.18. The van der Waals surface area contributed by atoms with Crippen LogP contribution >= 0.6 is 11.6 Å². The van der Waals surface area contributed by atoms with Crippen LogP contribution in [-0.4, -0.2) is 22.1 Å². The lowest BCUT2D eigenvalue weighted by Crippen LogP contribution is -2.35. The van der Waals surface area contributed by atoms with Gasteiger partial charge in [-0.05, 0) is 57.4 Å². The van der Waals surface area contributed by atoms with Crippen molar-refractivity contribution < 1.29 is 0 Å². The molecule has 1 saturated heterocycles. The fourth-order valence-corrected chi connectivity index (χ4v) is 3.62. The highest BCUT2D eigenvalue weighted by molar-refractivity contribution is 6.31. The standard InChI is InChI=1S/C16H20ClN3/c1-10-8-11(6-7-18-10)16-19-14-5-2-12(17)9-15(14)20(16)13-3-4-13/h2,5,9-11,13,18H,3-4,6-8H2,1H3. The average molecular weight is 290 g/mol. The molecule has 0 bridgehead atoms. The molecule has 1 aromatic carbocycles. The summed E-state index contributed by atoms with van der Waals surface area (Å²) in [6, 6.07) is 7.33. The molecule has 2 aromatic rings. The molecule has 1 saturated carbocycles. The zero-order chi connectivity index (χ0) is 13.7. The van der Waals surface area contributed by atoms with Crippen LogP contribution in [0.2, 0.25) is 5.02 Å². The summed E-state index contributed by atoms with van der Waals surface area (Å²) in [6.07, 6.45) is 4.94. The van der Waals surface area contributed by atoms with E-state index in [4.69, 9.17) is 16.6 Å². The van der Waals surface area contributed by atoms with Gasteiger partial charge < -0.3 is 9.88 Å². The van der Waals surface area contributed by atoms with Gasteiger partial charge in [0.05, 0.1) is 11.0 Å². The third-order valence-electron chi connectivity index (χ3n) is 4.58. The fourth-order valence-electron chi connectivity index (χ4n) is 3.46. The third kappa shape index (κ3) is 2.13. The van der Waals surface area contributed by atoms with Crippen molar-refractivity contribution >= 4 is 22.6 Å². The molecule has 4 heteroatoms. The molecule has 1 aliphatic heterocycles. The topological polar surface area (TPSA) is 29.9 Å². The van der Waals surface area contributed by atoms with Gasteiger partial charge in [0.1, 0.15) is 5.82 Å². The van der Waals surface area contributed by atoms with Crippen molar-refractivity contribution in [2.24, 2.45) is 0 Å². The molecule has 0 spiro atoms. The Morgan fingerprint density at radius 2 is 2.15 bits per heavy atom. The largest absolute Gasteiger partial charge is 0.325 e. The fraction of sp³-hybridized carbons (Fsp3) is 0.562. The van der Waals surface area contributed by atoms with Gasteiger partial charge >= 0.3 is 0 Å². The van der Waals surface area contributed by atoms with E-state index in [0.29, 0.717) is 18.0 Å². The summed E-state index contributed by atoms with van der Waals surface area (Å²) in [7, 11) is 0. The summed E-state index contributed by atoms with van der Waals surface area (Å²) in [5.41, 5.74) is 2.32. The molecule has 2 heterocycles. The van der Waals surface area contributed by atoms with Crippen LogP contribution in [0.25, 0.3) is 11.0 Å². The number of benzene rings is 1. The second-order valence-corrected chi connectivity index (χ2v) is 6.72. The van der Waals surface area contributed by atoms with E-state index in [1.54, 1.807) is 0 Å². The maximum absolute atomic E-state index is 6.18. The van der Waals surface area contributed by atoms with Crippen molar-refractivity contribution in [2.75, 3.05) is 6.54 Å². The Kier molecular flexibility index (Phi) is 3.00. The van der Waals surface area contributed by atoms with Crippen LogP contribution in [0.1, 0.15) is 50.4 Å². The monoisotopic (exact) mass is 289 g/mol. The first-order chi connectivity index (χ1) is 9.72. The van der Waals surface area contributed by atoms with Gasteiger partial charge in [-0.2, -0.15) is 0 Å². The molecule has 4 rings (SSSR count). The molecule has 3 nitrogen and oxygen atoms in total. The summed E-state index contributed by atoms with van der Waals surface area (Å²) in [4.78, 5) is 4.95. The Hall–Kier alpha value is -1.06. The van der Waals surface area contributed by atoms with E-state index < -0.39 is 0 Å². The van der Waals surface area contributed by atoms with Crippen LogP contribution in [0.3, 0.4) is 0 Å². The van der Waals surface area contributed by atoms with Crippen LogP contribution < -0.4 is 5.32 Å². The molecule has 20 heavy (non-hydrogen) atoms. The zero-order valence-corrected chi connectivity index (χ0v) is 12.5. The quantitative estimate of drug-likeness (QED) is 0.909. The summed E-state index contributed by atoms with van der Waals surface area (Å²) < 4.78 is 2.48. The van der Waals surface area contributed by atoms with Gasteiger partial charge in [0.15, 0.2) is 0 Å². The van der Waals surface area contributed by atoms with E-state index in [1.165, 1.54) is 37.0 Å². The summed E-state index contributed by atoms with van der Waals surface area (Å²) in [5, 5.41) is 4.34. The molecule has 0 amide bonds. The third-order valence-corrected chi connectivity index (χ3v) is 4.81. The first kappa shape index (κ1) is 12.7. The smallest absolute Gasteiger partial charge is 0.113 e. The van der Waals surface area contributed by atoms with E-state index >= 15 is 0 Å². The number of fused-ring (bicyclic) bond motifs is 1. The normalized spacial score (nSPS) is 27.1. The lowest BCUT2D eigenvalue weighted by Gasteiger charge is -2.28. The number of imidazole rings is 1. The van der Waals surface area contributed by atoms with Crippen molar-refractivity contribution in [2.45, 2.75) is 50.6 Å². The van der Waals surface area contributed by atoms with Crippen LogP contribution in [0.4, 0.5) is 0 Å². The van der Waals surface area contributed by atoms with Crippen LogP contribution in [0.5, 0.6) is 0 Å². The maximum Gasteiger partial charge on any atom is 0.113 e. The van der Waals surface area contributed by atoms with E-state index in [1.807, 2.05) is 6.07 Å². The SMILES string of the molecule is CC1CC(c2nc3ccc(Cl)cc3n2C2CC2)CCN1. The van der Waals surface area contributed by atoms with E-state index in [9.17, 15) is 0 Å². The number of nitrogens with zero attached hydrogens (tertiary/aromatic N) is 2. The highest BCUT2D eigenvalue weighted by Crippen LogP contribution is 2.42. The number of hydrogen-bond acceptors (Lipinski definition) is 2. The summed E-state index contributed by atoms with van der Waals surface area (Å²) in [6.45, 7) is 3.37. The number of rotatable bonds is 2. The maximum atomic E-state index is 6.18. The predicted molar refractivity (Wildman–Crippen MR) is 82.5 cm³/mol. The Labute approximate surface area is 124 Å². The lowest BCUT2D eigenvalue weighted by molar-refractivity contribution is 0.364. The Morgan fingerprint density at radius 3 is 2.90 bits per heavy atom. The second-order valence-electron chi connectivity index (χ2n) is 6.28. The van der Waals surface area contributed by atoms with E-state index in [2.05, 4.69) is 28.9 Å². The zero-order valence-electron chi connectivity index (χ0n) is 11.8. The number of piperidine rings is 1. The minimum absolute atomic E-state index is 0.582. The van der Waals surface area contributed by atoms with Crippen molar-refractivity contribution in [1.82, 2.24) is 14.9 Å². The molecule has 106 valence electrons. The van der Waals surface area contributed by atoms with Crippen LogP contribution in [-0.2, 0) is 0 Å². The molecular weight excluding hydrogens is 270 g/mol. The van der Waals surface area contributed by atoms with Crippen LogP contribution in [0, 0.1) is 0 Å².